The van der Waals surface area contributed by atoms with E-state index in [1.54, 1.807) is 18.4 Å². The van der Waals surface area contributed by atoms with E-state index in [0.717, 1.165) is 37.0 Å². The van der Waals surface area contributed by atoms with Crippen molar-refractivity contribution in [2.45, 2.75) is 6.92 Å². The van der Waals surface area contributed by atoms with Gasteiger partial charge in [-0.1, -0.05) is 18.2 Å². The first-order valence-corrected chi connectivity index (χ1v) is 9.44. The van der Waals surface area contributed by atoms with Gasteiger partial charge in [-0.3, -0.25) is 4.79 Å². The van der Waals surface area contributed by atoms with Gasteiger partial charge in [-0.05, 0) is 48.4 Å². The first kappa shape index (κ1) is 17.5. The summed E-state index contributed by atoms with van der Waals surface area (Å²) in [7, 11) is 1.65. The number of hydrogen-bond acceptors (Lipinski definition) is 5. The number of para-hydroxylation sites is 1. The molecule has 6 heteroatoms. The fraction of sp³-hybridized carbons (Fsp3) is 0.158. The summed E-state index contributed by atoms with van der Waals surface area (Å²) in [6.45, 7) is 1.98. The number of methoxy groups -OCH3 is 1. The summed E-state index contributed by atoms with van der Waals surface area (Å²) in [5.41, 5.74) is 2.95. The number of rotatable bonds is 6. The highest BCUT2D eigenvalue weighted by Crippen LogP contribution is 2.35. The number of benzene rings is 2. The third kappa shape index (κ3) is 4.21. The van der Waals surface area contributed by atoms with Gasteiger partial charge in [0.2, 0.25) is 0 Å². The fourth-order valence-corrected chi connectivity index (χ4v) is 4.27. The molecule has 128 valence electrons. The minimum atomic E-state index is -0.845. The third-order valence-electron chi connectivity index (χ3n) is 3.57. The third-order valence-corrected chi connectivity index (χ3v) is 5.78. The minimum absolute atomic E-state index is 0.00308. The fourth-order valence-electron chi connectivity index (χ4n) is 2.43. The molecule has 0 unspecified atom stereocenters. The number of nitrogens with zero attached hydrogens (tertiary/aromatic N) is 1. The second-order valence-corrected chi connectivity index (χ2v) is 7.45. The van der Waals surface area contributed by atoms with Crippen LogP contribution in [0.25, 0.3) is 21.2 Å². The summed E-state index contributed by atoms with van der Waals surface area (Å²) in [4.78, 5) is 16.5. The predicted molar refractivity (Wildman–Crippen MR) is 105 cm³/mol. The molecule has 1 heterocycles. The summed E-state index contributed by atoms with van der Waals surface area (Å²) < 4.78 is 6.38. The zero-order valence-electron chi connectivity index (χ0n) is 13.9. The van der Waals surface area contributed by atoms with Crippen molar-refractivity contribution in [1.29, 1.82) is 0 Å². The molecule has 0 aliphatic heterocycles. The summed E-state index contributed by atoms with van der Waals surface area (Å²) in [6, 6.07) is 13.8. The maximum atomic E-state index is 11.0. The lowest BCUT2D eigenvalue weighted by Crippen LogP contribution is -1.98. The second-order valence-electron chi connectivity index (χ2n) is 5.41. The van der Waals surface area contributed by atoms with Gasteiger partial charge >= 0.3 is 5.97 Å². The maximum absolute atomic E-state index is 11.0. The summed E-state index contributed by atoms with van der Waals surface area (Å²) in [5.74, 6) is -0.0172. The van der Waals surface area contributed by atoms with E-state index in [4.69, 9.17) is 9.84 Å². The van der Waals surface area contributed by atoms with Crippen molar-refractivity contribution < 1.29 is 14.6 Å². The van der Waals surface area contributed by atoms with Gasteiger partial charge in [0.1, 0.15) is 10.8 Å². The normalized spacial score (nSPS) is 11.7. The van der Waals surface area contributed by atoms with Crippen LogP contribution in [-0.2, 0) is 4.79 Å². The van der Waals surface area contributed by atoms with Gasteiger partial charge < -0.3 is 9.84 Å². The molecule has 0 spiro atoms. The van der Waals surface area contributed by atoms with Crippen LogP contribution < -0.4 is 4.74 Å². The van der Waals surface area contributed by atoms with Gasteiger partial charge in [0.15, 0.2) is 0 Å². The Bertz CT molecular complexity index is 914. The smallest absolute Gasteiger partial charge is 0.313 e. The van der Waals surface area contributed by atoms with Crippen LogP contribution in [0.15, 0.2) is 42.5 Å². The molecule has 0 aliphatic rings. The Morgan fingerprint density at radius 3 is 2.80 bits per heavy atom. The van der Waals surface area contributed by atoms with Crippen LogP contribution in [0.4, 0.5) is 0 Å². The Kier molecular flexibility index (Phi) is 5.40. The van der Waals surface area contributed by atoms with Crippen molar-refractivity contribution in [3.63, 3.8) is 0 Å². The molecule has 0 atom stereocenters. The Labute approximate surface area is 154 Å². The van der Waals surface area contributed by atoms with Crippen molar-refractivity contribution >= 4 is 50.3 Å². The molecule has 0 saturated heterocycles. The highest BCUT2D eigenvalue weighted by atomic mass is 32.2. The molecule has 0 bridgehead atoms. The predicted octanol–water partition coefficient (Wildman–Crippen LogP) is 4.93. The first-order chi connectivity index (χ1) is 12.1. The molecule has 3 rings (SSSR count). The molecule has 3 aromatic rings. The van der Waals surface area contributed by atoms with Gasteiger partial charge in [0.05, 0.1) is 23.1 Å². The van der Waals surface area contributed by atoms with Gasteiger partial charge in [-0.15, -0.1) is 23.1 Å². The lowest BCUT2D eigenvalue weighted by atomic mass is 10.1. The zero-order chi connectivity index (χ0) is 17.8. The van der Waals surface area contributed by atoms with Gasteiger partial charge in [-0.25, -0.2) is 4.98 Å². The quantitative estimate of drug-likeness (QED) is 0.666. The zero-order valence-corrected chi connectivity index (χ0v) is 15.5. The van der Waals surface area contributed by atoms with Crippen LogP contribution in [0, 0.1) is 6.92 Å². The van der Waals surface area contributed by atoms with E-state index in [9.17, 15) is 4.79 Å². The van der Waals surface area contributed by atoms with Crippen LogP contribution in [-0.4, -0.2) is 28.9 Å². The monoisotopic (exact) mass is 371 g/mol. The van der Waals surface area contributed by atoms with Crippen LogP contribution in [0.5, 0.6) is 5.75 Å². The molecule has 4 nitrogen and oxygen atoms in total. The van der Waals surface area contributed by atoms with E-state index in [-0.39, 0.29) is 5.75 Å². The number of ether oxygens (including phenoxy) is 1. The lowest BCUT2D eigenvalue weighted by Gasteiger charge is -2.07. The van der Waals surface area contributed by atoms with E-state index in [0.29, 0.717) is 0 Å². The SMILES string of the molecule is COc1ccc(/C=C(\SCC(=O)O)c2nc3ccccc3s2)cc1C. The van der Waals surface area contributed by atoms with Crippen LogP contribution in [0.1, 0.15) is 16.1 Å². The average Bonchev–Trinajstić information content (AvgIpc) is 3.02. The van der Waals surface area contributed by atoms with E-state index < -0.39 is 5.97 Å². The molecule has 1 aromatic heterocycles. The molecule has 0 aliphatic carbocycles. The van der Waals surface area contributed by atoms with Crippen LogP contribution in [0.3, 0.4) is 0 Å². The van der Waals surface area contributed by atoms with Crippen molar-refractivity contribution in [3.05, 3.63) is 58.6 Å². The number of aliphatic carboxylic acids is 1. The van der Waals surface area contributed by atoms with E-state index in [1.165, 1.54) is 11.8 Å². The Morgan fingerprint density at radius 1 is 1.32 bits per heavy atom. The summed E-state index contributed by atoms with van der Waals surface area (Å²) in [6.07, 6.45) is 1.98. The van der Waals surface area contributed by atoms with E-state index in [2.05, 4.69) is 4.98 Å². The molecule has 0 saturated carbocycles. The average molecular weight is 371 g/mol. The van der Waals surface area contributed by atoms with Crippen LogP contribution >= 0.6 is 23.1 Å². The number of carboxylic acid groups (broad SMARTS) is 1. The van der Waals surface area contributed by atoms with Crippen molar-refractivity contribution in [2.75, 3.05) is 12.9 Å². The number of carbonyl (C=O) groups is 1. The second kappa shape index (κ2) is 7.72. The molecule has 0 fully saturated rings. The van der Waals surface area contributed by atoms with Gasteiger partial charge in [0.25, 0.3) is 0 Å². The first-order valence-electron chi connectivity index (χ1n) is 7.63. The number of aromatic nitrogens is 1. The standard InChI is InChI=1S/C19H17NO3S2/c1-12-9-13(7-8-15(12)23-2)10-17(24-11-18(21)22)19-20-14-5-3-4-6-16(14)25-19/h3-10H,11H2,1-2H3,(H,21,22)/b17-10-. The number of hydrogen-bond donors (Lipinski definition) is 1. The molecule has 2 aromatic carbocycles. The van der Waals surface area contributed by atoms with Gasteiger partial charge in [0, 0.05) is 4.91 Å². The number of thiazole rings is 1. The number of fused-ring (bicyclic) bond motifs is 1. The lowest BCUT2D eigenvalue weighted by molar-refractivity contribution is -0.133. The minimum Gasteiger partial charge on any atom is -0.496 e. The molecular weight excluding hydrogens is 354 g/mol. The molecule has 1 N–H and O–H groups in total. The maximum Gasteiger partial charge on any atom is 0.313 e. The van der Waals surface area contributed by atoms with Gasteiger partial charge in [-0.2, -0.15) is 0 Å². The Morgan fingerprint density at radius 2 is 2.12 bits per heavy atom. The topological polar surface area (TPSA) is 59.4 Å². The summed E-state index contributed by atoms with van der Waals surface area (Å²) >= 11 is 2.86. The molecular formula is C19H17NO3S2. The number of aryl methyl sites for hydroxylation is 1. The molecule has 0 amide bonds. The highest BCUT2D eigenvalue weighted by Gasteiger charge is 2.12. The van der Waals surface area contributed by atoms with E-state index >= 15 is 0 Å². The van der Waals surface area contributed by atoms with Crippen molar-refractivity contribution in [2.24, 2.45) is 0 Å². The van der Waals surface area contributed by atoms with Crippen molar-refractivity contribution in [1.82, 2.24) is 4.98 Å². The molecule has 25 heavy (non-hydrogen) atoms. The van der Waals surface area contributed by atoms with Crippen LogP contribution in [0.2, 0.25) is 0 Å². The van der Waals surface area contributed by atoms with E-state index in [1.807, 2.05) is 55.5 Å². The number of carboxylic acids is 1. The Balaban J connectivity index is 2.01. The Hall–Kier alpha value is -2.31. The molecule has 0 radical (unpaired) electrons. The largest absolute Gasteiger partial charge is 0.496 e. The van der Waals surface area contributed by atoms with Crippen molar-refractivity contribution in [3.8, 4) is 5.75 Å². The highest BCUT2D eigenvalue weighted by molar-refractivity contribution is 8.09. The number of thioether (sulfide) groups is 1. The summed E-state index contributed by atoms with van der Waals surface area (Å²) in [5, 5.41) is 9.88.